The minimum atomic E-state index is 0.379. The van der Waals surface area contributed by atoms with E-state index >= 15 is 0 Å². The summed E-state index contributed by atoms with van der Waals surface area (Å²) < 4.78 is 1.14. The first kappa shape index (κ1) is 16.1. The Hall–Kier alpha value is -1.32. The summed E-state index contributed by atoms with van der Waals surface area (Å²) in [7, 11) is 2.15. The summed E-state index contributed by atoms with van der Waals surface area (Å²) in [5.74, 6) is 0. The number of nitrogens with zero attached hydrogens (tertiary/aromatic N) is 1. The molecule has 0 saturated heterocycles. The van der Waals surface area contributed by atoms with E-state index in [1.54, 1.807) is 0 Å². The number of para-hydroxylation sites is 1. The van der Waals surface area contributed by atoms with Gasteiger partial charge in [-0.05, 0) is 49.7 Å². The molecule has 2 aromatic rings. The van der Waals surface area contributed by atoms with Crippen molar-refractivity contribution in [3.05, 3.63) is 64.6 Å². The molecule has 0 radical (unpaired) electrons. The zero-order valence-corrected chi connectivity index (χ0v) is 14.3. The maximum absolute atomic E-state index is 3.59. The van der Waals surface area contributed by atoms with Crippen molar-refractivity contribution in [2.24, 2.45) is 0 Å². The fraction of sp³-hybridized carbons (Fsp3) is 0.333. The largest absolute Gasteiger partial charge is 0.375 e. The van der Waals surface area contributed by atoms with Gasteiger partial charge in [-0.25, -0.2) is 0 Å². The standard InChI is InChI=1S/C18H23BrN2/c1-15(16-8-6-9-17(19)14-16)20-12-7-13-21(2)18-10-4-3-5-11-18/h3-6,8-11,14-15,20H,7,12-13H2,1-2H3. The molecule has 1 unspecified atom stereocenters. The average Bonchev–Trinajstić information content (AvgIpc) is 2.52. The monoisotopic (exact) mass is 346 g/mol. The van der Waals surface area contributed by atoms with E-state index in [2.05, 4.69) is 94.7 Å². The summed E-state index contributed by atoms with van der Waals surface area (Å²) in [4.78, 5) is 2.30. The molecule has 0 aliphatic rings. The lowest BCUT2D eigenvalue weighted by Gasteiger charge is -2.20. The molecule has 21 heavy (non-hydrogen) atoms. The Morgan fingerprint density at radius 3 is 2.57 bits per heavy atom. The third-order valence-corrected chi connectivity index (χ3v) is 4.16. The molecule has 2 nitrogen and oxygen atoms in total. The normalized spacial score (nSPS) is 12.1. The Balaban J connectivity index is 1.72. The Morgan fingerprint density at radius 2 is 1.86 bits per heavy atom. The van der Waals surface area contributed by atoms with Crippen LogP contribution in [0.3, 0.4) is 0 Å². The van der Waals surface area contributed by atoms with Crippen molar-refractivity contribution >= 4 is 21.6 Å². The van der Waals surface area contributed by atoms with Gasteiger partial charge in [-0.1, -0.05) is 46.3 Å². The van der Waals surface area contributed by atoms with Crippen molar-refractivity contribution in [1.82, 2.24) is 5.32 Å². The van der Waals surface area contributed by atoms with Crippen LogP contribution in [0.4, 0.5) is 5.69 Å². The van der Waals surface area contributed by atoms with Crippen LogP contribution in [-0.4, -0.2) is 20.1 Å². The molecule has 2 rings (SSSR count). The number of hydrogen-bond acceptors (Lipinski definition) is 2. The SMILES string of the molecule is CC(NCCCN(C)c1ccccc1)c1cccc(Br)c1. The van der Waals surface area contributed by atoms with Crippen LogP contribution in [0, 0.1) is 0 Å². The molecule has 0 aliphatic carbocycles. The van der Waals surface area contributed by atoms with Crippen molar-refractivity contribution < 1.29 is 0 Å². The highest BCUT2D eigenvalue weighted by Gasteiger charge is 2.05. The van der Waals surface area contributed by atoms with Crippen molar-refractivity contribution in [2.75, 3.05) is 25.0 Å². The first-order valence-electron chi connectivity index (χ1n) is 7.42. The van der Waals surface area contributed by atoms with Gasteiger partial charge >= 0.3 is 0 Å². The van der Waals surface area contributed by atoms with Gasteiger partial charge < -0.3 is 10.2 Å². The van der Waals surface area contributed by atoms with E-state index in [-0.39, 0.29) is 0 Å². The van der Waals surface area contributed by atoms with Gasteiger partial charge in [0.2, 0.25) is 0 Å². The molecule has 1 N–H and O–H groups in total. The number of rotatable bonds is 7. The smallest absolute Gasteiger partial charge is 0.0363 e. The molecule has 0 spiro atoms. The number of nitrogens with one attached hydrogen (secondary N) is 1. The molecule has 0 heterocycles. The second kappa shape index (κ2) is 8.20. The topological polar surface area (TPSA) is 15.3 Å². The summed E-state index contributed by atoms with van der Waals surface area (Å²) in [5, 5.41) is 3.59. The Morgan fingerprint density at radius 1 is 1.10 bits per heavy atom. The summed E-state index contributed by atoms with van der Waals surface area (Å²) in [6.45, 7) is 4.29. The summed E-state index contributed by atoms with van der Waals surface area (Å²) in [6, 6.07) is 19.4. The summed E-state index contributed by atoms with van der Waals surface area (Å²) in [6.07, 6.45) is 1.13. The Labute approximate surface area is 136 Å². The Kier molecular flexibility index (Phi) is 6.27. The minimum Gasteiger partial charge on any atom is -0.375 e. The van der Waals surface area contributed by atoms with Gasteiger partial charge in [0.25, 0.3) is 0 Å². The molecule has 0 bridgehead atoms. The number of benzene rings is 2. The van der Waals surface area contributed by atoms with Gasteiger partial charge in [0.1, 0.15) is 0 Å². The highest BCUT2D eigenvalue weighted by atomic mass is 79.9. The number of anilines is 1. The molecule has 1 atom stereocenters. The lowest BCUT2D eigenvalue weighted by Crippen LogP contribution is -2.25. The lowest BCUT2D eigenvalue weighted by atomic mass is 10.1. The van der Waals surface area contributed by atoms with Crippen LogP contribution >= 0.6 is 15.9 Å². The molecule has 2 aromatic carbocycles. The van der Waals surface area contributed by atoms with Gasteiger partial charge in [-0.15, -0.1) is 0 Å². The number of halogens is 1. The van der Waals surface area contributed by atoms with Crippen LogP contribution in [0.5, 0.6) is 0 Å². The molecule has 0 amide bonds. The van der Waals surface area contributed by atoms with Crippen LogP contribution in [0.2, 0.25) is 0 Å². The molecule has 0 aliphatic heterocycles. The zero-order valence-electron chi connectivity index (χ0n) is 12.7. The molecule has 0 fully saturated rings. The predicted octanol–water partition coefficient (Wildman–Crippen LogP) is 4.63. The highest BCUT2D eigenvalue weighted by molar-refractivity contribution is 9.10. The maximum Gasteiger partial charge on any atom is 0.0363 e. The average molecular weight is 347 g/mol. The van der Waals surface area contributed by atoms with Crippen LogP contribution in [0.1, 0.15) is 24.9 Å². The minimum absolute atomic E-state index is 0.379. The maximum atomic E-state index is 3.59. The van der Waals surface area contributed by atoms with Crippen molar-refractivity contribution in [3.8, 4) is 0 Å². The van der Waals surface area contributed by atoms with E-state index < -0.39 is 0 Å². The van der Waals surface area contributed by atoms with Gasteiger partial charge in [-0.2, -0.15) is 0 Å². The van der Waals surface area contributed by atoms with E-state index in [0.29, 0.717) is 6.04 Å². The zero-order chi connectivity index (χ0) is 15.1. The highest BCUT2D eigenvalue weighted by Crippen LogP contribution is 2.17. The van der Waals surface area contributed by atoms with Gasteiger partial charge in [0.15, 0.2) is 0 Å². The van der Waals surface area contributed by atoms with Crippen LogP contribution in [-0.2, 0) is 0 Å². The van der Waals surface area contributed by atoms with Crippen LogP contribution in [0.25, 0.3) is 0 Å². The summed E-state index contributed by atoms with van der Waals surface area (Å²) in [5.41, 5.74) is 2.60. The molecule has 0 saturated carbocycles. The molecular weight excluding hydrogens is 324 g/mol. The van der Waals surface area contributed by atoms with Gasteiger partial charge in [0, 0.05) is 29.8 Å². The van der Waals surface area contributed by atoms with Gasteiger partial charge in [-0.3, -0.25) is 0 Å². The van der Waals surface area contributed by atoms with E-state index in [0.717, 1.165) is 24.0 Å². The van der Waals surface area contributed by atoms with E-state index in [9.17, 15) is 0 Å². The predicted molar refractivity (Wildman–Crippen MR) is 94.9 cm³/mol. The first-order chi connectivity index (χ1) is 10.2. The molecule has 0 aromatic heterocycles. The van der Waals surface area contributed by atoms with Crippen molar-refractivity contribution in [2.45, 2.75) is 19.4 Å². The summed E-state index contributed by atoms with van der Waals surface area (Å²) >= 11 is 3.52. The van der Waals surface area contributed by atoms with E-state index in [4.69, 9.17) is 0 Å². The quantitative estimate of drug-likeness (QED) is 0.735. The van der Waals surface area contributed by atoms with Crippen molar-refractivity contribution in [1.29, 1.82) is 0 Å². The van der Waals surface area contributed by atoms with E-state index in [1.807, 2.05) is 0 Å². The third-order valence-electron chi connectivity index (χ3n) is 3.67. The second-order valence-corrected chi connectivity index (χ2v) is 6.26. The van der Waals surface area contributed by atoms with Crippen LogP contribution in [0.15, 0.2) is 59.1 Å². The first-order valence-corrected chi connectivity index (χ1v) is 8.21. The Bertz CT molecular complexity index is 542. The fourth-order valence-electron chi connectivity index (χ4n) is 2.34. The molecule has 3 heteroatoms. The van der Waals surface area contributed by atoms with Crippen LogP contribution < -0.4 is 10.2 Å². The van der Waals surface area contributed by atoms with E-state index in [1.165, 1.54) is 11.3 Å². The second-order valence-electron chi connectivity index (χ2n) is 5.34. The lowest BCUT2D eigenvalue weighted by molar-refractivity contribution is 0.558. The molecule has 112 valence electrons. The fourth-order valence-corrected chi connectivity index (χ4v) is 2.76. The molecular formula is C18H23BrN2. The van der Waals surface area contributed by atoms with Gasteiger partial charge in [0.05, 0.1) is 0 Å². The number of hydrogen-bond donors (Lipinski definition) is 1. The van der Waals surface area contributed by atoms with Crippen molar-refractivity contribution in [3.63, 3.8) is 0 Å². The third kappa shape index (κ3) is 5.18.